The summed E-state index contributed by atoms with van der Waals surface area (Å²) in [5.41, 5.74) is -0.158. The van der Waals surface area contributed by atoms with E-state index in [1.807, 2.05) is 0 Å². The van der Waals surface area contributed by atoms with Crippen LogP contribution in [0.2, 0.25) is 5.02 Å². The molecule has 0 N–H and O–H groups in total. The highest BCUT2D eigenvalue weighted by Gasteiger charge is 2.19. The van der Waals surface area contributed by atoms with Crippen molar-refractivity contribution in [2.75, 3.05) is 0 Å². The molecule has 0 saturated carbocycles. The summed E-state index contributed by atoms with van der Waals surface area (Å²) in [7, 11) is 0. The van der Waals surface area contributed by atoms with Crippen LogP contribution in [0.25, 0.3) is 0 Å². The molecule has 3 nitrogen and oxygen atoms in total. The highest BCUT2D eigenvalue weighted by molar-refractivity contribution is 6.31. The summed E-state index contributed by atoms with van der Waals surface area (Å²) in [5.74, 6) is -0.816. The Labute approximate surface area is 106 Å². The molecule has 0 heterocycles. The minimum absolute atomic E-state index is 0.266. The van der Waals surface area contributed by atoms with Gasteiger partial charge in [-0.05, 0) is 32.9 Å². The maximum Gasteiger partial charge on any atom is 0.314 e. The van der Waals surface area contributed by atoms with E-state index in [4.69, 9.17) is 16.3 Å². The molecule has 0 spiro atoms. The Balaban J connectivity index is 2.64. The van der Waals surface area contributed by atoms with Gasteiger partial charge in [0.2, 0.25) is 0 Å². The Kier molecular flexibility index (Phi) is 4.29. The molecule has 17 heavy (non-hydrogen) atoms. The first-order valence-electron chi connectivity index (χ1n) is 5.28. The van der Waals surface area contributed by atoms with Gasteiger partial charge in [-0.3, -0.25) is 9.59 Å². The van der Waals surface area contributed by atoms with Crippen molar-refractivity contribution in [3.8, 4) is 0 Å². The first kappa shape index (κ1) is 13.7. The number of rotatable bonds is 3. The molecule has 0 atom stereocenters. The zero-order chi connectivity index (χ0) is 13.1. The van der Waals surface area contributed by atoms with Crippen molar-refractivity contribution >= 4 is 23.4 Å². The van der Waals surface area contributed by atoms with E-state index in [1.165, 1.54) is 6.07 Å². The van der Waals surface area contributed by atoms with Gasteiger partial charge in [0, 0.05) is 10.6 Å². The van der Waals surface area contributed by atoms with Gasteiger partial charge in [0.25, 0.3) is 0 Å². The first-order chi connectivity index (χ1) is 7.78. The van der Waals surface area contributed by atoms with Crippen LogP contribution in [0.5, 0.6) is 0 Å². The summed E-state index contributed by atoms with van der Waals surface area (Å²) in [4.78, 5) is 23.2. The molecule has 1 aromatic carbocycles. The molecule has 0 aliphatic heterocycles. The number of carbonyl (C=O) groups excluding carboxylic acids is 2. The highest BCUT2D eigenvalue weighted by atomic mass is 35.5. The number of ketones is 1. The number of carbonyl (C=O) groups is 2. The van der Waals surface area contributed by atoms with E-state index >= 15 is 0 Å². The second-order valence-corrected chi connectivity index (χ2v) is 5.13. The monoisotopic (exact) mass is 254 g/mol. The quantitative estimate of drug-likeness (QED) is 0.472. The number of hydrogen-bond donors (Lipinski definition) is 0. The summed E-state index contributed by atoms with van der Waals surface area (Å²) in [6.07, 6.45) is -0.266. The van der Waals surface area contributed by atoms with Gasteiger partial charge in [0.1, 0.15) is 12.0 Å². The molecule has 1 rings (SSSR count). The third kappa shape index (κ3) is 5.00. The number of halogens is 1. The molecule has 0 aliphatic rings. The Morgan fingerprint density at radius 2 is 1.94 bits per heavy atom. The van der Waals surface area contributed by atoms with Crippen LogP contribution in [0.3, 0.4) is 0 Å². The van der Waals surface area contributed by atoms with Crippen LogP contribution in [0, 0.1) is 0 Å². The minimum atomic E-state index is -0.578. The molecule has 0 bridgehead atoms. The van der Waals surface area contributed by atoms with Gasteiger partial charge in [-0.15, -0.1) is 0 Å². The van der Waals surface area contributed by atoms with Gasteiger partial charge in [0.15, 0.2) is 5.78 Å². The zero-order valence-electron chi connectivity index (χ0n) is 10.1. The molecule has 0 aromatic heterocycles. The topological polar surface area (TPSA) is 43.4 Å². The van der Waals surface area contributed by atoms with E-state index in [0.717, 1.165) is 0 Å². The lowest BCUT2D eigenvalue weighted by Crippen LogP contribution is -2.25. The van der Waals surface area contributed by atoms with Crippen molar-refractivity contribution in [2.45, 2.75) is 32.8 Å². The Bertz CT molecular complexity index is 433. The number of Topliss-reactive ketones (excluding diaryl/α,β-unsaturated/α-hetero) is 1. The van der Waals surface area contributed by atoms with Crippen LogP contribution >= 0.6 is 11.6 Å². The zero-order valence-corrected chi connectivity index (χ0v) is 10.9. The van der Waals surface area contributed by atoms with Crippen LogP contribution in [-0.2, 0) is 9.53 Å². The van der Waals surface area contributed by atoms with E-state index < -0.39 is 11.6 Å². The molecule has 0 radical (unpaired) electrons. The van der Waals surface area contributed by atoms with E-state index in [-0.39, 0.29) is 12.2 Å². The number of esters is 1. The van der Waals surface area contributed by atoms with Gasteiger partial charge >= 0.3 is 5.97 Å². The van der Waals surface area contributed by atoms with E-state index in [0.29, 0.717) is 10.6 Å². The van der Waals surface area contributed by atoms with Crippen molar-refractivity contribution < 1.29 is 14.3 Å². The van der Waals surface area contributed by atoms with E-state index in [1.54, 1.807) is 39.0 Å². The second kappa shape index (κ2) is 5.32. The predicted octanol–water partition coefficient (Wildman–Crippen LogP) is 3.25. The van der Waals surface area contributed by atoms with Crippen molar-refractivity contribution in [2.24, 2.45) is 0 Å². The lowest BCUT2D eigenvalue weighted by molar-refractivity contribution is -0.153. The van der Waals surface area contributed by atoms with Gasteiger partial charge < -0.3 is 4.74 Å². The average molecular weight is 255 g/mol. The Morgan fingerprint density at radius 3 is 2.47 bits per heavy atom. The summed E-state index contributed by atoms with van der Waals surface area (Å²) >= 11 is 5.76. The van der Waals surface area contributed by atoms with E-state index in [9.17, 15) is 9.59 Å². The lowest BCUT2D eigenvalue weighted by atomic mass is 10.1. The Hall–Kier alpha value is -1.35. The maximum atomic E-state index is 11.7. The standard InChI is InChI=1S/C13H15ClO3/c1-13(2,3)17-12(16)8-11(15)9-5-4-6-10(14)7-9/h4-7H,8H2,1-3H3. The van der Waals surface area contributed by atoms with Crippen molar-refractivity contribution in [1.29, 1.82) is 0 Å². The molecule has 0 aliphatic carbocycles. The fourth-order valence-corrected chi connectivity index (χ4v) is 1.46. The smallest absolute Gasteiger partial charge is 0.314 e. The van der Waals surface area contributed by atoms with E-state index in [2.05, 4.69) is 0 Å². The molecule has 0 fully saturated rings. The summed E-state index contributed by atoms with van der Waals surface area (Å²) in [6.45, 7) is 5.28. The molecular formula is C13H15ClO3. The van der Waals surface area contributed by atoms with Gasteiger partial charge in [0.05, 0.1) is 0 Å². The molecule has 0 unspecified atom stereocenters. The number of hydrogen-bond acceptors (Lipinski definition) is 3. The normalized spacial score (nSPS) is 11.1. The summed E-state index contributed by atoms with van der Waals surface area (Å²) in [6, 6.07) is 6.50. The minimum Gasteiger partial charge on any atom is -0.460 e. The predicted molar refractivity (Wildman–Crippen MR) is 66.2 cm³/mol. The molecule has 4 heteroatoms. The third-order valence-electron chi connectivity index (χ3n) is 1.87. The van der Waals surface area contributed by atoms with Gasteiger partial charge in [-0.1, -0.05) is 23.7 Å². The van der Waals surface area contributed by atoms with Gasteiger partial charge in [-0.2, -0.15) is 0 Å². The maximum absolute atomic E-state index is 11.7. The largest absolute Gasteiger partial charge is 0.460 e. The van der Waals surface area contributed by atoms with Crippen LogP contribution in [-0.4, -0.2) is 17.4 Å². The molecule has 0 amide bonds. The van der Waals surface area contributed by atoms with Crippen LogP contribution in [0.4, 0.5) is 0 Å². The molecule has 1 aromatic rings. The van der Waals surface area contributed by atoms with Crippen LogP contribution in [0.1, 0.15) is 37.6 Å². The number of benzene rings is 1. The average Bonchev–Trinajstić information content (AvgIpc) is 2.14. The summed E-state index contributed by atoms with van der Waals surface area (Å²) < 4.78 is 5.07. The van der Waals surface area contributed by atoms with Crippen molar-refractivity contribution in [1.82, 2.24) is 0 Å². The second-order valence-electron chi connectivity index (χ2n) is 4.70. The third-order valence-corrected chi connectivity index (χ3v) is 2.11. The van der Waals surface area contributed by atoms with Crippen molar-refractivity contribution in [3.63, 3.8) is 0 Å². The molecule has 92 valence electrons. The fraction of sp³-hybridized carbons (Fsp3) is 0.385. The molecular weight excluding hydrogens is 240 g/mol. The Morgan fingerprint density at radius 1 is 1.29 bits per heavy atom. The number of ether oxygens (including phenoxy) is 1. The SMILES string of the molecule is CC(C)(C)OC(=O)CC(=O)c1cccc(Cl)c1. The van der Waals surface area contributed by atoms with Crippen LogP contribution < -0.4 is 0 Å². The highest BCUT2D eigenvalue weighted by Crippen LogP contribution is 2.14. The van der Waals surface area contributed by atoms with Gasteiger partial charge in [-0.25, -0.2) is 0 Å². The van der Waals surface area contributed by atoms with Crippen molar-refractivity contribution in [3.05, 3.63) is 34.9 Å². The first-order valence-corrected chi connectivity index (χ1v) is 5.66. The van der Waals surface area contributed by atoms with Crippen LogP contribution in [0.15, 0.2) is 24.3 Å². The lowest BCUT2D eigenvalue weighted by Gasteiger charge is -2.19. The summed E-state index contributed by atoms with van der Waals surface area (Å²) in [5, 5.41) is 0.472. The molecule has 0 saturated heterocycles. The fourth-order valence-electron chi connectivity index (χ4n) is 1.27.